The molecule has 7 heteroatoms. The molecular weight excluding hydrogens is 302 g/mol. The maximum atomic E-state index is 11.4. The van der Waals surface area contributed by atoms with E-state index in [1.165, 1.54) is 14.1 Å². The Morgan fingerprint density at radius 3 is 2.77 bits per heavy atom. The van der Waals surface area contributed by atoms with E-state index >= 15 is 0 Å². The SMILES string of the molecule is CN(C)S(=O)(=O)NCC#CCOc1cccc2cccnc12. The largest absolute Gasteiger partial charge is 0.479 e. The molecule has 0 saturated heterocycles. The molecule has 22 heavy (non-hydrogen) atoms. The molecule has 1 aromatic heterocycles. The van der Waals surface area contributed by atoms with E-state index in [0.717, 1.165) is 15.2 Å². The number of rotatable bonds is 5. The van der Waals surface area contributed by atoms with Gasteiger partial charge in [-0.25, -0.2) is 0 Å². The van der Waals surface area contributed by atoms with Crippen LogP contribution in [0.3, 0.4) is 0 Å². The molecule has 0 aliphatic heterocycles. The number of aromatic nitrogens is 1. The standard InChI is InChI=1S/C15H17N3O3S/c1-18(2)22(19,20)17-11-3-4-12-21-14-9-5-7-13-8-6-10-16-15(13)14/h5-10,17H,11-12H2,1-2H3. The van der Waals surface area contributed by atoms with Crippen molar-refractivity contribution in [2.24, 2.45) is 0 Å². The summed E-state index contributed by atoms with van der Waals surface area (Å²) in [6.07, 6.45) is 1.71. The summed E-state index contributed by atoms with van der Waals surface area (Å²) in [5.41, 5.74) is 0.778. The van der Waals surface area contributed by atoms with Crippen LogP contribution < -0.4 is 9.46 Å². The number of benzene rings is 1. The van der Waals surface area contributed by atoms with Gasteiger partial charge >= 0.3 is 0 Å². The summed E-state index contributed by atoms with van der Waals surface area (Å²) < 4.78 is 31.9. The van der Waals surface area contributed by atoms with Crippen LogP contribution >= 0.6 is 0 Å². The predicted molar refractivity (Wildman–Crippen MR) is 85.6 cm³/mol. The Bertz CT molecular complexity index is 802. The molecule has 0 aliphatic rings. The van der Waals surface area contributed by atoms with Crippen LogP contribution in [0.5, 0.6) is 5.75 Å². The molecule has 1 aromatic carbocycles. The summed E-state index contributed by atoms with van der Waals surface area (Å²) in [5.74, 6) is 6.12. The Kier molecular flexibility index (Phi) is 5.33. The Labute approximate surface area is 130 Å². The average Bonchev–Trinajstić information content (AvgIpc) is 2.50. The lowest BCUT2D eigenvalue weighted by Gasteiger charge is -2.09. The molecule has 2 aromatic rings. The first-order chi connectivity index (χ1) is 10.5. The van der Waals surface area contributed by atoms with Crippen molar-refractivity contribution in [3.05, 3.63) is 36.5 Å². The van der Waals surface area contributed by atoms with Crippen molar-refractivity contribution in [1.82, 2.24) is 14.0 Å². The van der Waals surface area contributed by atoms with E-state index < -0.39 is 10.2 Å². The molecule has 0 atom stereocenters. The van der Waals surface area contributed by atoms with E-state index in [9.17, 15) is 8.42 Å². The lowest BCUT2D eigenvalue weighted by atomic mass is 10.2. The summed E-state index contributed by atoms with van der Waals surface area (Å²) in [5, 5.41) is 0.992. The van der Waals surface area contributed by atoms with Gasteiger partial charge in [0.1, 0.15) is 17.9 Å². The van der Waals surface area contributed by atoms with E-state index in [1.807, 2.05) is 30.3 Å². The number of ether oxygens (including phenoxy) is 1. The van der Waals surface area contributed by atoms with Crippen molar-refractivity contribution in [3.63, 3.8) is 0 Å². The highest BCUT2D eigenvalue weighted by Crippen LogP contribution is 2.22. The summed E-state index contributed by atoms with van der Waals surface area (Å²) in [6, 6.07) is 9.49. The highest BCUT2D eigenvalue weighted by molar-refractivity contribution is 7.87. The van der Waals surface area contributed by atoms with Gasteiger partial charge in [-0.05, 0) is 12.1 Å². The van der Waals surface area contributed by atoms with Gasteiger partial charge in [0.05, 0.1) is 6.54 Å². The van der Waals surface area contributed by atoms with E-state index in [-0.39, 0.29) is 13.2 Å². The number of nitrogens with one attached hydrogen (secondary N) is 1. The maximum Gasteiger partial charge on any atom is 0.279 e. The van der Waals surface area contributed by atoms with Gasteiger partial charge < -0.3 is 4.74 Å². The molecule has 0 spiro atoms. The van der Waals surface area contributed by atoms with Gasteiger partial charge in [0.25, 0.3) is 10.2 Å². The Hall–Kier alpha value is -2.14. The monoisotopic (exact) mass is 319 g/mol. The smallest absolute Gasteiger partial charge is 0.279 e. The quantitative estimate of drug-likeness (QED) is 0.835. The van der Waals surface area contributed by atoms with E-state index in [0.29, 0.717) is 5.75 Å². The summed E-state index contributed by atoms with van der Waals surface area (Å²) in [7, 11) is -0.535. The van der Waals surface area contributed by atoms with Gasteiger partial charge in [-0.1, -0.05) is 30.0 Å². The van der Waals surface area contributed by atoms with Crippen molar-refractivity contribution in [1.29, 1.82) is 0 Å². The normalized spacial score (nSPS) is 11.2. The van der Waals surface area contributed by atoms with Crippen LogP contribution in [0.25, 0.3) is 10.9 Å². The van der Waals surface area contributed by atoms with Crippen molar-refractivity contribution in [2.45, 2.75) is 0 Å². The van der Waals surface area contributed by atoms with Crippen LogP contribution in [0.15, 0.2) is 36.5 Å². The third kappa shape index (κ3) is 4.18. The third-order valence-corrected chi connectivity index (χ3v) is 4.31. The molecule has 0 aliphatic carbocycles. The first-order valence-corrected chi connectivity index (χ1v) is 8.04. The molecule has 0 radical (unpaired) electrons. The van der Waals surface area contributed by atoms with Crippen LogP contribution in [0, 0.1) is 11.8 Å². The second-order valence-corrected chi connectivity index (χ2v) is 6.55. The zero-order valence-electron chi connectivity index (χ0n) is 12.4. The molecule has 0 unspecified atom stereocenters. The number of para-hydroxylation sites is 1. The van der Waals surface area contributed by atoms with Gasteiger partial charge in [0.2, 0.25) is 0 Å². The molecule has 0 amide bonds. The van der Waals surface area contributed by atoms with Crippen molar-refractivity contribution in [3.8, 4) is 17.6 Å². The lowest BCUT2D eigenvalue weighted by molar-refractivity contribution is 0.374. The van der Waals surface area contributed by atoms with Gasteiger partial charge in [-0.2, -0.15) is 17.4 Å². The zero-order valence-corrected chi connectivity index (χ0v) is 13.2. The predicted octanol–water partition coefficient (Wildman–Crippen LogP) is 1.01. The number of fused-ring (bicyclic) bond motifs is 1. The van der Waals surface area contributed by atoms with E-state index in [1.54, 1.807) is 6.20 Å². The molecule has 116 valence electrons. The molecular formula is C15H17N3O3S. The summed E-state index contributed by atoms with van der Waals surface area (Å²) >= 11 is 0. The molecule has 1 heterocycles. The minimum atomic E-state index is -3.44. The van der Waals surface area contributed by atoms with Gasteiger partial charge in [-0.15, -0.1) is 0 Å². The summed E-state index contributed by atoms with van der Waals surface area (Å²) in [4.78, 5) is 4.28. The lowest BCUT2D eigenvalue weighted by Crippen LogP contribution is -2.35. The second kappa shape index (κ2) is 7.22. The molecule has 2 rings (SSSR count). The average molecular weight is 319 g/mol. The van der Waals surface area contributed by atoms with Crippen molar-refractivity contribution in [2.75, 3.05) is 27.2 Å². The minimum absolute atomic E-state index is 0.0393. The van der Waals surface area contributed by atoms with Crippen LogP contribution in [0.2, 0.25) is 0 Å². The van der Waals surface area contributed by atoms with Crippen LogP contribution in [0.1, 0.15) is 0 Å². The van der Waals surface area contributed by atoms with E-state index in [2.05, 4.69) is 21.5 Å². The highest BCUT2D eigenvalue weighted by Gasteiger charge is 2.10. The van der Waals surface area contributed by atoms with Crippen LogP contribution in [-0.2, 0) is 10.2 Å². The van der Waals surface area contributed by atoms with Crippen LogP contribution in [-0.4, -0.2) is 45.0 Å². The third-order valence-electron chi connectivity index (χ3n) is 2.84. The molecule has 1 N–H and O–H groups in total. The molecule has 0 bridgehead atoms. The first kappa shape index (κ1) is 16.2. The Morgan fingerprint density at radius 1 is 1.23 bits per heavy atom. The van der Waals surface area contributed by atoms with Crippen LogP contribution in [0.4, 0.5) is 0 Å². The summed E-state index contributed by atoms with van der Waals surface area (Å²) in [6.45, 7) is 0.205. The highest BCUT2D eigenvalue weighted by atomic mass is 32.2. The maximum absolute atomic E-state index is 11.4. The van der Waals surface area contributed by atoms with Crippen molar-refractivity contribution < 1.29 is 13.2 Å². The van der Waals surface area contributed by atoms with Gasteiger partial charge in [0, 0.05) is 25.7 Å². The van der Waals surface area contributed by atoms with Crippen molar-refractivity contribution >= 4 is 21.1 Å². The fourth-order valence-electron chi connectivity index (χ4n) is 1.68. The molecule has 0 fully saturated rings. The van der Waals surface area contributed by atoms with Gasteiger partial charge in [0.15, 0.2) is 0 Å². The first-order valence-electron chi connectivity index (χ1n) is 6.60. The molecule has 6 nitrogen and oxygen atoms in total. The Balaban J connectivity index is 1.91. The number of hydrogen-bond acceptors (Lipinski definition) is 4. The number of hydrogen-bond donors (Lipinski definition) is 1. The second-order valence-electron chi connectivity index (χ2n) is 4.58. The zero-order chi connectivity index (χ0) is 16.0. The molecule has 0 saturated carbocycles. The Morgan fingerprint density at radius 2 is 2.00 bits per heavy atom. The van der Waals surface area contributed by atoms with E-state index in [4.69, 9.17) is 4.74 Å². The van der Waals surface area contributed by atoms with Gasteiger partial charge in [-0.3, -0.25) is 4.98 Å². The fraction of sp³-hybridized carbons (Fsp3) is 0.267. The number of pyridine rings is 1. The number of nitrogens with zero attached hydrogens (tertiary/aromatic N) is 2. The minimum Gasteiger partial charge on any atom is -0.479 e. The fourth-order valence-corrected chi connectivity index (χ4v) is 2.19. The topological polar surface area (TPSA) is 71.5 Å².